The number of nitrogens with one attached hydrogen (secondary N) is 1. The molecule has 1 rings (SSSR count). The van der Waals surface area contributed by atoms with Crippen LogP contribution in [0.3, 0.4) is 0 Å². The third kappa shape index (κ3) is 3.47. The van der Waals surface area contributed by atoms with Crippen LogP contribution >= 0.6 is 0 Å². The molecule has 0 aliphatic rings. The molecule has 0 bridgehead atoms. The number of phenols is 1. The predicted octanol–water partition coefficient (Wildman–Crippen LogP) is 1.46. The molecule has 0 fully saturated rings. The van der Waals surface area contributed by atoms with Crippen LogP contribution in [-0.2, 0) is 11.2 Å². The van der Waals surface area contributed by atoms with E-state index in [-0.39, 0.29) is 17.7 Å². The Hall–Kier alpha value is -1.51. The fraction of sp³-hybridized carbons (Fsp3) is 0.364. The Labute approximate surface area is 83.8 Å². The van der Waals surface area contributed by atoms with Gasteiger partial charge in [-0.2, -0.15) is 0 Å². The first-order chi connectivity index (χ1) is 6.58. The van der Waals surface area contributed by atoms with Crippen LogP contribution in [0.4, 0.5) is 0 Å². The zero-order valence-electron chi connectivity index (χ0n) is 8.45. The maximum Gasteiger partial charge on any atom is 0.217 e. The maximum absolute atomic E-state index is 10.8. The molecule has 3 nitrogen and oxygen atoms in total. The molecule has 3 heteroatoms. The number of carbonyl (C=O) groups excluding carboxylic acids is 1. The highest BCUT2D eigenvalue weighted by Crippen LogP contribution is 2.12. The predicted molar refractivity (Wildman–Crippen MR) is 55.1 cm³/mol. The van der Waals surface area contributed by atoms with Gasteiger partial charge in [0.2, 0.25) is 5.91 Å². The summed E-state index contributed by atoms with van der Waals surface area (Å²) in [6.45, 7) is 3.43. The fourth-order valence-electron chi connectivity index (χ4n) is 1.44. The van der Waals surface area contributed by atoms with Gasteiger partial charge in [-0.05, 0) is 31.0 Å². The molecule has 14 heavy (non-hydrogen) atoms. The Kier molecular flexibility index (Phi) is 3.51. The molecule has 1 amide bonds. The Morgan fingerprint density at radius 2 is 2.29 bits per heavy atom. The van der Waals surface area contributed by atoms with Crippen LogP contribution in [0.25, 0.3) is 0 Å². The van der Waals surface area contributed by atoms with Gasteiger partial charge in [0.1, 0.15) is 5.75 Å². The van der Waals surface area contributed by atoms with E-state index in [9.17, 15) is 9.90 Å². The van der Waals surface area contributed by atoms with Crippen molar-refractivity contribution in [1.29, 1.82) is 0 Å². The van der Waals surface area contributed by atoms with Gasteiger partial charge in [0.25, 0.3) is 0 Å². The minimum Gasteiger partial charge on any atom is -0.508 e. The van der Waals surface area contributed by atoms with Crippen LogP contribution in [0.5, 0.6) is 5.75 Å². The highest BCUT2D eigenvalue weighted by molar-refractivity contribution is 5.73. The molecule has 0 aliphatic carbocycles. The lowest BCUT2D eigenvalue weighted by Crippen LogP contribution is -2.31. The topological polar surface area (TPSA) is 49.3 Å². The van der Waals surface area contributed by atoms with Crippen LogP contribution in [0.1, 0.15) is 19.4 Å². The van der Waals surface area contributed by atoms with E-state index in [0.717, 1.165) is 12.0 Å². The average Bonchev–Trinajstić information content (AvgIpc) is 2.01. The Morgan fingerprint density at radius 1 is 1.57 bits per heavy atom. The van der Waals surface area contributed by atoms with E-state index in [2.05, 4.69) is 5.32 Å². The van der Waals surface area contributed by atoms with Gasteiger partial charge >= 0.3 is 0 Å². The van der Waals surface area contributed by atoms with Gasteiger partial charge in [-0.25, -0.2) is 0 Å². The Morgan fingerprint density at radius 3 is 2.86 bits per heavy atom. The SMILES string of the molecule is CC(=O)N[C@@H](C)Cc1cccc(O)c1. The van der Waals surface area contributed by atoms with Crippen molar-refractivity contribution in [3.05, 3.63) is 29.8 Å². The van der Waals surface area contributed by atoms with Gasteiger partial charge in [-0.15, -0.1) is 0 Å². The van der Waals surface area contributed by atoms with Crippen molar-refractivity contribution >= 4 is 5.91 Å². The summed E-state index contributed by atoms with van der Waals surface area (Å²) in [7, 11) is 0. The standard InChI is InChI=1S/C11H15NO2/c1-8(12-9(2)13)6-10-4-3-5-11(14)7-10/h3-5,7-8,14H,6H2,1-2H3,(H,12,13)/t8-/m0/s1. The summed E-state index contributed by atoms with van der Waals surface area (Å²) >= 11 is 0. The number of carbonyl (C=O) groups is 1. The molecule has 0 saturated carbocycles. The van der Waals surface area contributed by atoms with Crippen LogP contribution < -0.4 is 5.32 Å². The van der Waals surface area contributed by atoms with E-state index in [1.807, 2.05) is 13.0 Å². The summed E-state index contributed by atoms with van der Waals surface area (Å²) in [5, 5.41) is 12.0. The quantitative estimate of drug-likeness (QED) is 0.763. The van der Waals surface area contributed by atoms with E-state index >= 15 is 0 Å². The van der Waals surface area contributed by atoms with Gasteiger partial charge in [0.15, 0.2) is 0 Å². The van der Waals surface area contributed by atoms with Gasteiger partial charge in [-0.3, -0.25) is 4.79 Å². The molecule has 0 radical (unpaired) electrons. The normalized spacial score (nSPS) is 12.1. The molecule has 76 valence electrons. The van der Waals surface area contributed by atoms with Crippen LogP contribution in [-0.4, -0.2) is 17.1 Å². The molecule has 1 atom stereocenters. The molecule has 0 aliphatic heterocycles. The Bertz CT molecular complexity index is 323. The summed E-state index contributed by atoms with van der Waals surface area (Å²) in [6.07, 6.45) is 0.730. The van der Waals surface area contributed by atoms with Crippen LogP contribution in [0.15, 0.2) is 24.3 Å². The van der Waals surface area contributed by atoms with Gasteiger partial charge < -0.3 is 10.4 Å². The minimum absolute atomic E-state index is 0.0300. The maximum atomic E-state index is 10.8. The zero-order chi connectivity index (χ0) is 10.6. The van der Waals surface area contributed by atoms with Crippen molar-refractivity contribution in [2.75, 3.05) is 0 Å². The van der Waals surface area contributed by atoms with Crippen molar-refractivity contribution in [3.8, 4) is 5.75 Å². The average molecular weight is 193 g/mol. The molecule has 0 heterocycles. The molecule has 0 aromatic heterocycles. The van der Waals surface area contributed by atoms with Crippen molar-refractivity contribution < 1.29 is 9.90 Å². The number of phenolic OH excluding ortho intramolecular Hbond substituents is 1. The Balaban J connectivity index is 2.55. The van der Waals surface area contributed by atoms with Gasteiger partial charge in [0, 0.05) is 13.0 Å². The first kappa shape index (κ1) is 10.6. The smallest absolute Gasteiger partial charge is 0.217 e. The molecular weight excluding hydrogens is 178 g/mol. The van der Waals surface area contributed by atoms with E-state index in [1.54, 1.807) is 18.2 Å². The molecule has 1 aromatic carbocycles. The second-order valence-electron chi connectivity index (χ2n) is 3.48. The zero-order valence-corrected chi connectivity index (χ0v) is 8.45. The van der Waals surface area contributed by atoms with E-state index < -0.39 is 0 Å². The molecule has 2 N–H and O–H groups in total. The summed E-state index contributed by atoms with van der Waals surface area (Å²) in [5.41, 5.74) is 1.02. The fourth-order valence-corrected chi connectivity index (χ4v) is 1.44. The van der Waals surface area contributed by atoms with Crippen LogP contribution in [0.2, 0.25) is 0 Å². The lowest BCUT2D eigenvalue weighted by molar-refractivity contribution is -0.119. The van der Waals surface area contributed by atoms with Crippen molar-refractivity contribution in [2.24, 2.45) is 0 Å². The highest BCUT2D eigenvalue weighted by atomic mass is 16.3. The largest absolute Gasteiger partial charge is 0.508 e. The minimum atomic E-state index is -0.0300. The molecular formula is C11H15NO2. The van der Waals surface area contributed by atoms with Crippen molar-refractivity contribution in [3.63, 3.8) is 0 Å². The summed E-state index contributed by atoms with van der Waals surface area (Å²) in [6, 6.07) is 7.16. The molecule has 0 spiro atoms. The lowest BCUT2D eigenvalue weighted by atomic mass is 10.1. The highest BCUT2D eigenvalue weighted by Gasteiger charge is 2.04. The number of hydrogen-bond acceptors (Lipinski definition) is 2. The number of hydrogen-bond donors (Lipinski definition) is 2. The summed E-state index contributed by atoms with van der Waals surface area (Å²) < 4.78 is 0. The number of aromatic hydroxyl groups is 1. The third-order valence-corrected chi connectivity index (χ3v) is 1.90. The van der Waals surface area contributed by atoms with Crippen molar-refractivity contribution in [2.45, 2.75) is 26.3 Å². The van der Waals surface area contributed by atoms with E-state index in [0.29, 0.717) is 0 Å². The molecule has 1 aromatic rings. The third-order valence-electron chi connectivity index (χ3n) is 1.90. The molecule has 0 saturated heterocycles. The number of amides is 1. The van der Waals surface area contributed by atoms with Crippen molar-refractivity contribution in [1.82, 2.24) is 5.32 Å². The summed E-state index contributed by atoms with van der Waals surface area (Å²) in [4.78, 5) is 10.8. The lowest BCUT2D eigenvalue weighted by Gasteiger charge is -2.12. The second-order valence-corrected chi connectivity index (χ2v) is 3.48. The van der Waals surface area contributed by atoms with Gasteiger partial charge in [-0.1, -0.05) is 12.1 Å². The first-order valence-corrected chi connectivity index (χ1v) is 4.63. The summed E-state index contributed by atoms with van der Waals surface area (Å²) in [5.74, 6) is 0.232. The van der Waals surface area contributed by atoms with Gasteiger partial charge in [0.05, 0.1) is 0 Å². The van der Waals surface area contributed by atoms with E-state index in [4.69, 9.17) is 0 Å². The monoisotopic (exact) mass is 193 g/mol. The number of rotatable bonds is 3. The van der Waals surface area contributed by atoms with Crippen LogP contribution in [0, 0.1) is 0 Å². The first-order valence-electron chi connectivity index (χ1n) is 4.63. The molecule has 0 unspecified atom stereocenters. The second kappa shape index (κ2) is 4.65. The number of benzene rings is 1. The van der Waals surface area contributed by atoms with E-state index in [1.165, 1.54) is 6.92 Å².